The zero-order chi connectivity index (χ0) is 10.9. The fraction of sp³-hybridized carbons (Fsp3) is 0.800. The van der Waals surface area contributed by atoms with E-state index in [0.29, 0.717) is 13.0 Å². The van der Waals surface area contributed by atoms with Gasteiger partial charge in [0, 0.05) is 18.2 Å². The largest absolute Gasteiger partial charge is 0.323 e. The quantitative estimate of drug-likeness (QED) is 0.704. The topological polar surface area (TPSA) is 44.1 Å². The van der Waals surface area contributed by atoms with Crippen molar-refractivity contribution in [3.63, 3.8) is 0 Å². The van der Waals surface area contributed by atoms with E-state index in [0.717, 1.165) is 0 Å². The number of nitrogens with zero attached hydrogens (tertiary/aromatic N) is 2. The van der Waals surface area contributed by atoms with Crippen LogP contribution in [0.4, 0.5) is 0 Å². The zero-order valence-corrected chi connectivity index (χ0v) is 9.71. The van der Waals surface area contributed by atoms with Crippen LogP contribution in [-0.4, -0.2) is 28.1 Å². The molecule has 0 aromatic heterocycles. The van der Waals surface area contributed by atoms with Crippen molar-refractivity contribution in [1.29, 1.82) is 5.26 Å². The van der Waals surface area contributed by atoms with Crippen LogP contribution in [0.5, 0.6) is 0 Å². The minimum absolute atomic E-state index is 0.0442. The first-order valence-corrected chi connectivity index (χ1v) is 5.33. The van der Waals surface area contributed by atoms with E-state index < -0.39 is 5.54 Å². The maximum Gasteiger partial charge on any atom is 0.225 e. The Morgan fingerprint density at radius 2 is 2.29 bits per heavy atom. The highest BCUT2D eigenvalue weighted by Crippen LogP contribution is 2.30. The molecule has 0 radical (unpaired) electrons. The van der Waals surface area contributed by atoms with Crippen molar-refractivity contribution >= 4 is 18.5 Å². The normalized spacial score (nSPS) is 26.4. The molecule has 1 saturated heterocycles. The van der Waals surface area contributed by atoms with Gasteiger partial charge in [-0.05, 0) is 12.8 Å². The second-order valence-electron chi connectivity index (χ2n) is 4.28. The Kier molecular flexibility index (Phi) is 3.10. The second-order valence-corrected chi connectivity index (χ2v) is 5.01. The SMILES string of the molecule is CC(C)C(C)(C#N)N1CC(S)CC1=O. The van der Waals surface area contributed by atoms with E-state index >= 15 is 0 Å². The molecule has 1 aliphatic rings. The number of rotatable bonds is 2. The van der Waals surface area contributed by atoms with Crippen LogP contribution in [-0.2, 0) is 4.79 Å². The standard InChI is InChI=1S/C10H16N2OS/c1-7(2)10(3,6-11)12-5-8(14)4-9(12)13/h7-8,14H,4-5H2,1-3H3. The molecule has 78 valence electrons. The molecule has 0 aromatic carbocycles. The molecule has 2 unspecified atom stereocenters. The van der Waals surface area contributed by atoms with Crippen molar-refractivity contribution < 1.29 is 4.79 Å². The molecule has 0 bridgehead atoms. The Balaban J connectivity index is 2.92. The Hall–Kier alpha value is -0.690. The first-order valence-electron chi connectivity index (χ1n) is 4.81. The third-order valence-corrected chi connectivity index (χ3v) is 3.36. The molecule has 0 aromatic rings. The van der Waals surface area contributed by atoms with Gasteiger partial charge in [-0.2, -0.15) is 17.9 Å². The van der Waals surface area contributed by atoms with Crippen molar-refractivity contribution in [2.24, 2.45) is 5.92 Å². The summed E-state index contributed by atoms with van der Waals surface area (Å²) in [6, 6.07) is 2.24. The van der Waals surface area contributed by atoms with Crippen molar-refractivity contribution in [2.45, 2.75) is 38.0 Å². The Labute approximate surface area is 90.5 Å². The lowest BCUT2D eigenvalue weighted by molar-refractivity contribution is -0.132. The van der Waals surface area contributed by atoms with Gasteiger partial charge >= 0.3 is 0 Å². The second kappa shape index (κ2) is 3.82. The zero-order valence-electron chi connectivity index (χ0n) is 8.82. The number of thiol groups is 1. The number of carbonyl (C=O) groups is 1. The summed E-state index contributed by atoms with van der Waals surface area (Å²) in [5, 5.41) is 9.23. The summed E-state index contributed by atoms with van der Waals surface area (Å²) in [6.45, 7) is 6.33. The van der Waals surface area contributed by atoms with Crippen molar-refractivity contribution in [2.75, 3.05) is 6.54 Å². The van der Waals surface area contributed by atoms with E-state index in [1.165, 1.54) is 0 Å². The molecular weight excluding hydrogens is 196 g/mol. The molecule has 2 atom stereocenters. The van der Waals surface area contributed by atoms with Gasteiger partial charge in [0.25, 0.3) is 0 Å². The van der Waals surface area contributed by atoms with Gasteiger partial charge in [0.15, 0.2) is 0 Å². The summed E-state index contributed by atoms with van der Waals surface area (Å²) in [5.74, 6) is 0.179. The van der Waals surface area contributed by atoms with E-state index in [9.17, 15) is 4.79 Å². The van der Waals surface area contributed by atoms with Gasteiger partial charge in [0.1, 0.15) is 5.54 Å². The van der Waals surface area contributed by atoms with E-state index in [4.69, 9.17) is 5.26 Å². The van der Waals surface area contributed by atoms with Crippen LogP contribution in [0.2, 0.25) is 0 Å². The van der Waals surface area contributed by atoms with E-state index in [1.807, 2.05) is 20.8 Å². The minimum Gasteiger partial charge on any atom is -0.323 e. The Bertz CT molecular complexity index is 284. The maximum atomic E-state index is 11.6. The molecule has 1 amide bonds. The predicted octanol–water partition coefficient (Wildman–Crippen LogP) is 1.46. The van der Waals surface area contributed by atoms with Crippen LogP contribution in [0.3, 0.4) is 0 Å². The highest BCUT2D eigenvalue weighted by atomic mass is 32.1. The number of carbonyl (C=O) groups excluding carboxylic acids is 1. The summed E-state index contributed by atoms with van der Waals surface area (Å²) >= 11 is 4.28. The molecule has 1 rings (SSSR count). The van der Waals surface area contributed by atoms with Gasteiger partial charge in [-0.1, -0.05) is 13.8 Å². The monoisotopic (exact) mass is 212 g/mol. The van der Waals surface area contributed by atoms with Gasteiger partial charge in [0.2, 0.25) is 5.91 Å². The van der Waals surface area contributed by atoms with Crippen LogP contribution in [0, 0.1) is 17.2 Å². The maximum absolute atomic E-state index is 11.6. The smallest absolute Gasteiger partial charge is 0.225 e. The number of nitriles is 1. The average molecular weight is 212 g/mol. The molecule has 0 saturated carbocycles. The van der Waals surface area contributed by atoms with Gasteiger partial charge in [-0.15, -0.1) is 0 Å². The molecule has 3 nitrogen and oxygen atoms in total. The van der Waals surface area contributed by atoms with Crippen LogP contribution in [0.25, 0.3) is 0 Å². The number of amides is 1. The number of likely N-dealkylation sites (tertiary alicyclic amines) is 1. The van der Waals surface area contributed by atoms with Gasteiger partial charge in [0.05, 0.1) is 6.07 Å². The third kappa shape index (κ3) is 1.74. The van der Waals surface area contributed by atoms with E-state index in [1.54, 1.807) is 4.90 Å². The summed E-state index contributed by atoms with van der Waals surface area (Å²) < 4.78 is 0. The number of hydrogen-bond acceptors (Lipinski definition) is 3. The van der Waals surface area contributed by atoms with Crippen molar-refractivity contribution in [1.82, 2.24) is 4.90 Å². The van der Waals surface area contributed by atoms with Crippen molar-refractivity contribution in [3.05, 3.63) is 0 Å². The lowest BCUT2D eigenvalue weighted by atomic mass is 9.88. The molecule has 1 fully saturated rings. The highest BCUT2D eigenvalue weighted by molar-refractivity contribution is 7.81. The average Bonchev–Trinajstić information content (AvgIpc) is 2.44. The fourth-order valence-electron chi connectivity index (χ4n) is 1.64. The van der Waals surface area contributed by atoms with Gasteiger partial charge in [-0.3, -0.25) is 4.79 Å². The summed E-state index contributed by atoms with van der Waals surface area (Å²) in [7, 11) is 0. The molecule has 1 heterocycles. The molecule has 0 aliphatic carbocycles. The number of hydrogen-bond donors (Lipinski definition) is 1. The van der Waals surface area contributed by atoms with Crippen LogP contribution >= 0.6 is 12.6 Å². The molecule has 0 spiro atoms. The first-order chi connectivity index (χ1) is 6.41. The van der Waals surface area contributed by atoms with Gasteiger partial charge < -0.3 is 4.90 Å². The summed E-state index contributed by atoms with van der Waals surface area (Å²) in [6.07, 6.45) is 0.451. The summed E-state index contributed by atoms with van der Waals surface area (Å²) in [4.78, 5) is 13.3. The van der Waals surface area contributed by atoms with E-state index in [2.05, 4.69) is 18.7 Å². The Morgan fingerprint density at radius 3 is 2.57 bits per heavy atom. The predicted molar refractivity (Wildman–Crippen MR) is 58.0 cm³/mol. The van der Waals surface area contributed by atoms with Crippen LogP contribution in [0.15, 0.2) is 0 Å². The lowest BCUT2D eigenvalue weighted by Crippen LogP contribution is -2.50. The third-order valence-electron chi connectivity index (χ3n) is 3.02. The van der Waals surface area contributed by atoms with Gasteiger partial charge in [-0.25, -0.2) is 0 Å². The van der Waals surface area contributed by atoms with Crippen LogP contribution in [0.1, 0.15) is 27.2 Å². The fourth-order valence-corrected chi connectivity index (χ4v) is 1.96. The molecule has 4 heteroatoms. The minimum atomic E-state index is -0.686. The molecule has 1 aliphatic heterocycles. The molecule has 0 N–H and O–H groups in total. The van der Waals surface area contributed by atoms with E-state index in [-0.39, 0.29) is 17.1 Å². The highest BCUT2D eigenvalue weighted by Gasteiger charge is 2.42. The molecule has 14 heavy (non-hydrogen) atoms. The molecular formula is C10H16N2OS. The lowest BCUT2D eigenvalue weighted by Gasteiger charge is -2.36. The van der Waals surface area contributed by atoms with Crippen LogP contribution < -0.4 is 0 Å². The van der Waals surface area contributed by atoms with Crippen molar-refractivity contribution in [3.8, 4) is 6.07 Å². The summed E-state index contributed by atoms with van der Waals surface area (Å²) in [5.41, 5.74) is -0.686. The first kappa shape index (κ1) is 11.4. The Morgan fingerprint density at radius 1 is 1.71 bits per heavy atom.